The highest BCUT2D eigenvalue weighted by Crippen LogP contribution is 2.20. The van der Waals surface area contributed by atoms with Crippen LogP contribution in [0.5, 0.6) is 0 Å². The predicted octanol–water partition coefficient (Wildman–Crippen LogP) is -0.901. The Kier molecular flexibility index (Phi) is 2.25. The molecule has 0 spiro atoms. The molecule has 0 amide bonds. The molecule has 4 nitrogen and oxygen atoms in total. The van der Waals surface area contributed by atoms with Crippen molar-refractivity contribution < 1.29 is 19.7 Å². The van der Waals surface area contributed by atoms with Gasteiger partial charge < -0.3 is 19.7 Å². The third-order valence-corrected chi connectivity index (χ3v) is 1.69. The molecule has 0 saturated carbocycles. The third-order valence-electron chi connectivity index (χ3n) is 1.69. The highest BCUT2D eigenvalue weighted by atomic mass is 16.7. The van der Waals surface area contributed by atoms with Gasteiger partial charge in [-0.15, -0.1) is 0 Å². The lowest BCUT2D eigenvalue weighted by Crippen LogP contribution is -2.32. The van der Waals surface area contributed by atoms with Crippen molar-refractivity contribution in [3.63, 3.8) is 0 Å². The molecule has 0 aromatic carbocycles. The van der Waals surface area contributed by atoms with Gasteiger partial charge in [-0.2, -0.15) is 0 Å². The molecule has 0 radical (unpaired) electrons. The van der Waals surface area contributed by atoms with Crippen LogP contribution in [0.25, 0.3) is 0 Å². The summed E-state index contributed by atoms with van der Waals surface area (Å²) in [4.78, 5) is 0. The molecule has 0 aromatic rings. The van der Waals surface area contributed by atoms with Crippen LogP contribution in [0.2, 0.25) is 0 Å². The van der Waals surface area contributed by atoms with Crippen molar-refractivity contribution in [2.24, 2.45) is 0 Å². The lowest BCUT2D eigenvalue weighted by Gasteiger charge is -2.11. The minimum absolute atomic E-state index is 0.347. The Bertz CT molecular complexity index is 116. The van der Waals surface area contributed by atoms with Crippen LogP contribution in [0, 0.1) is 0 Å². The monoisotopic (exact) mass is 148 g/mol. The average Bonchev–Trinajstić information content (AvgIpc) is 2.17. The van der Waals surface area contributed by atoms with Crippen molar-refractivity contribution in [2.45, 2.75) is 31.5 Å². The van der Waals surface area contributed by atoms with Crippen LogP contribution in [0.1, 0.15) is 6.92 Å². The Morgan fingerprint density at radius 1 is 1.30 bits per heavy atom. The number of methoxy groups -OCH3 is 1. The molecule has 4 atom stereocenters. The second-order valence-corrected chi connectivity index (χ2v) is 2.43. The minimum Gasteiger partial charge on any atom is -0.388 e. The van der Waals surface area contributed by atoms with Gasteiger partial charge >= 0.3 is 0 Å². The van der Waals surface area contributed by atoms with Gasteiger partial charge in [0.15, 0.2) is 6.29 Å². The van der Waals surface area contributed by atoms with Gasteiger partial charge in [0.05, 0.1) is 6.10 Å². The molecule has 0 aromatic heterocycles. The fraction of sp³-hybridized carbons (Fsp3) is 1.00. The summed E-state index contributed by atoms with van der Waals surface area (Å²) in [5, 5.41) is 18.2. The highest BCUT2D eigenvalue weighted by molar-refractivity contribution is 4.83. The second kappa shape index (κ2) is 2.84. The first kappa shape index (κ1) is 7.94. The number of ether oxygens (including phenoxy) is 2. The quantitative estimate of drug-likeness (QED) is 0.506. The molecule has 0 aliphatic carbocycles. The summed E-state index contributed by atoms with van der Waals surface area (Å²) in [6, 6.07) is 0. The van der Waals surface area contributed by atoms with E-state index >= 15 is 0 Å². The maximum atomic E-state index is 9.13. The van der Waals surface area contributed by atoms with E-state index in [4.69, 9.17) is 19.7 Å². The molecule has 1 aliphatic rings. The van der Waals surface area contributed by atoms with E-state index in [1.165, 1.54) is 7.11 Å². The Balaban J connectivity index is 2.53. The summed E-state index contributed by atoms with van der Waals surface area (Å²) < 4.78 is 9.74. The summed E-state index contributed by atoms with van der Waals surface area (Å²) in [5.74, 6) is 0. The van der Waals surface area contributed by atoms with Crippen molar-refractivity contribution >= 4 is 0 Å². The van der Waals surface area contributed by atoms with Crippen molar-refractivity contribution in [1.29, 1.82) is 0 Å². The van der Waals surface area contributed by atoms with Crippen molar-refractivity contribution in [3.8, 4) is 0 Å². The number of hydrogen-bond donors (Lipinski definition) is 2. The van der Waals surface area contributed by atoms with Gasteiger partial charge in [0, 0.05) is 7.11 Å². The fourth-order valence-electron chi connectivity index (χ4n) is 1.01. The largest absolute Gasteiger partial charge is 0.388 e. The van der Waals surface area contributed by atoms with E-state index in [1.807, 2.05) is 0 Å². The smallest absolute Gasteiger partial charge is 0.186 e. The van der Waals surface area contributed by atoms with Crippen LogP contribution in [0.15, 0.2) is 0 Å². The Hall–Kier alpha value is -0.160. The average molecular weight is 148 g/mol. The number of aliphatic hydroxyl groups excluding tert-OH is 2. The summed E-state index contributed by atoms with van der Waals surface area (Å²) in [5.41, 5.74) is 0. The maximum absolute atomic E-state index is 9.13. The van der Waals surface area contributed by atoms with Gasteiger partial charge in [-0.1, -0.05) is 0 Å². The van der Waals surface area contributed by atoms with Crippen LogP contribution in [0.4, 0.5) is 0 Å². The first-order chi connectivity index (χ1) is 4.66. The molecule has 60 valence electrons. The van der Waals surface area contributed by atoms with Crippen LogP contribution < -0.4 is 0 Å². The van der Waals surface area contributed by atoms with Gasteiger partial charge in [0.25, 0.3) is 0 Å². The zero-order chi connectivity index (χ0) is 7.72. The minimum atomic E-state index is -0.917. The summed E-state index contributed by atoms with van der Waals surface area (Å²) >= 11 is 0. The van der Waals surface area contributed by atoms with Crippen molar-refractivity contribution in [2.75, 3.05) is 7.11 Å². The van der Waals surface area contributed by atoms with Gasteiger partial charge in [0.1, 0.15) is 12.2 Å². The molecule has 1 aliphatic heterocycles. The lowest BCUT2D eigenvalue weighted by molar-refractivity contribution is -0.146. The second-order valence-electron chi connectivity index (χ2n) is 2.43. The standard InChI is InChI=1S/C6H12O4/c1-3-4(7)5(8)6(9-2)10-3/h3-8H,1-2H3/t3?,4-,5-,6?/m1/s1. The van der Waals surface area contributed by atoms with E-state index in [-0.39, 0.29) is 6.10 Å². The fourth-order valence-corrected chi connectivity index (χ4v) is 1.01. The molecule has 1 saturated heterocycles. The molecule has 0 bridgehead atoms. The van der Waals surface area contributed by atoms with Crippen molar-refractivity contribution in [3.05, 3.63) is 0 Å². The topological polar surface area (TPSA) is 58.9 Å². The van der Waals surface area contributed by atoms with E-state index in [9.17, 15) is 0 Å². The zero-order valence-electron chi connectivity index (χ0n) is 6.02. The Morgan fingerprint density at radius 2 is 1.90 bits per heavy atom. The normalized spacial score (nSPS) is 48.0. The van der Waals surface area contributed by atoms with E-state index in [0.717, 1.165) is 0 Å². The molecule has 4 heteroatoms. The highest BCUT2D eigenvalue weighted by Gasteiger charge is 2.40. The third kappa shape index (κ3) is 1.15. The Labute approximate surface area is 59.4 Å². The van der Waals surface area contributed by atoms with Gasteiger partial charge in [0.2, 0.25) is 0 Å². The van der Waals surface area contributed by atoms with Gasteiger partial charge in [-0.3, -0.25) is 0 Å². The van der Waals surface area contributed by atoms with E-state index in [2.05, 4.69) is 0 Å². The first-order valence-corrected chi connectivity index (χ1v) is 3.21. The number of hydrogen-bond acceptors (Lipinski definition) is 4. The van der Waals surface area contributed by atoms with E-state index in [0.29, 0.717) is 0 Å². The van der Waals surface area contributed by atoms with E-state index in [1.54, 1.807) is 6.92 Å². The molecule has 2 N–H and O–H groups in total. The lowest BCUT2D eigenvalue weighted by atomic mass is 10.2. The Morgan fingerprint density at radius 3 is 2.10 bits per heavy atom. The number of rotatable bonds is 1. The van der Waals surface area contributed by atoms with Crippen LogP contribution >= 0.6 is 0 Å². The SMILES string of the molecule is COC1OC(C)[C@@H](O)[C@H]1O. The molecule has 2 unspecified atom stereocenters. The van der Waals surface area contributed by atoms with Gasteiger partial charge in [-0.25, -0.2) is 0 Å². The molecular formula is C6H12O4. The number of aliphatic hydroxyl groups is 2. The molecule has 1 heterocycles. The summed E-state index contributed by atoms with van der Waals surface area (Å²) in [6.07, 6.45) is -2.77. The first-order valence-electron chi connectivity index (χ1n) is 3.21. The zero-order valence-corrected chi connectivity index (χ0v) is 6.02. The van der Waals surface area contributed by atoms with Gasteiger partial charge in [-0.05, 0) is 6.92 Å². The molecule has 10 heavy (non-hydrogen) atoms. The maximum Gasteiger partial charge on any atom is 0.186 e. The molecule has 1 fully saturated rings. The molecule has 1 rings (SSSR count). The predicted molar refractivity (Wildman–Crippen MR) is 33.4 cm³/mol. The molecular weight excluding hydrogens is 136 g/mol. The van der Waals surface area contributed by atoms with Crippen LogP contribution in [-0.2, 0) is 9.47 Å². The van der Waals surface area contributed by atoms with Crippen molar-refractivity contribution in [1.82, 2.24) is 0 Å². The summed E-state index contributed by atoms with van der Waals surface area (Å²) in [7, 11) is 1.43. The van der Waals surface area contributed by atoms with Crippen LogP contribution in [0.3, 0.4) is 0 Å². The van der Waals surface area contributed by atoms with E-state index < -0.39 is 18.5 Å². The summed E-state index contributed by atoms with van der Waals surface area (Å²) in [6.45, 7) is 1.69. The van der Waals surface area contributed by atoms with Crippen LogP contribution in [-0.4, -0.2) is 41.9 Å².